The average molecular weight is 298 g/mol. The Balaban J connectivity index is 1.66. The molecule has 21 heavy (non-hydrogen) atoms. The fourth-order valence-electron chi connectivity index (χ4n) is 1.96. The summed E-state index contributed by atoms with van der Waals surface area (Å²) in [5, 5.41) is 9.66. The van der Waals surface area contributed by atoms with Crippen molar-refractivity contribution in [2.45, 2.75) is 6.42 Å². The SMILES string of the molecule is Cn1cc(NC(=O)Cc2csc(-c3ccccc3)n2)cn1. The van der Waals surface area contributed by atoms with Gasteiger partial charge < -0.3 is 5.32 Å². The highest BCUT2D eigenvalue weighted by atomic mass is 32.1. The van der Waals surface area contributed by atoms with Crippen molar-refractivity contribution in [3.63, 3.8) is 0 Å². The summed E-state index contributed by atoms with van der Waals surface area (Å²) >= 11 is 1.55. The molecule has 0 saturated heterocycles. The third-order valence-corrected chi connectivity index (χ3v) is 3.84. The zero-order valence-electron chi connectivity index (χ0n) is 11.5. The van der Waals surface area contributed by atoms with Gasteiger partial charge in [0.1, 0.15) is 5.01 Å². The molecule has 3 rings (SSSR count). The number of nitrogens with zero attached hydrogens (tertiary/aromatic N) is 3. The molecule has 0 aliphatic carbocycles. The number of hydrogen-bond donors (Lipinski definition) is 1. The molecule has 0 aliphatic heterocycles. The number of nitrogens with one attached hydrogen (secondary N) is 1. The first-order valence-corrected chi connectivity index (χ1v) is 7.37. The zero-order valence-corrected chi connectivity index (χ0v) is 12.3. The fraction of sp³-hybridized carbons (Fsp3) is 0.133. The van der Waals surface area contributed by atoms with E-state index in [1.165, 1.54) is 0 Å². The minimum absolute atomic E-state index is 0.0899. The van der Waals surface area contributed by atoms with Crippen molar-refractivity contribution in [3.05, 3.63) is 53.8 Å². The topological polar surface area (TPSA) is 59.8 Å². The first-order chi connectivity index (χ1) is 10.2. The summed E-state index contributed by atoms with van der Waals surface area (Å²) in [6, 6.07) is 9.95. The number of aromatic nitrogens is 3. The van der Waals surface area contributed by atoms with Gasteiger partial charge in [-0.05, 0) is 0 Å². The van der Waals surface area contributed by atoms with Crippen LogP contribution in [0.3, 0.4) is 0 Å². The summed E-state index contributed by atoms with van der Waals surface area (Å²) in [6.07, 6.45) is 3.64. The number of hydrogen-bond acceptors (Lipinski definition) is 4. The fourth-order valence-corrected chi connectivity index (χ4v) is 2.78. The molecule has 3 aromatic rings. The number of thiazole rings is 1. The van der Waals surface area contributed by atoms with Crippen LogP contribution >= 0.6 is 11.3 Å². The van der Waals surface area contributed by atoms with Gasteiger partial charge in [-0.3, -0.25) is 9.48 Å². The smallest absolute Gasteiger partial charge is 0.230 e. The van der Waals surface area contributed by atoms with Crippen LogP contribution in [0.2, 0.25) is 0 Å². The van der Waals surface area contributed by atoms with E-state index >= 15 is 0 Å². The van der Waals surface area contributed by atoms with Crippen molar-refractivity contribution in [2.24, 2.45) is 7.05 Å². The maximum absolute atomic E-state index is 12.0. The number of carbonyl (C=O) groups is 1. The molecule has 0 fully saturated rings. The summed E-state index contributed by atoms with van der Waals surface area (Å²) < 4.78 is 1.64. The molecule has 0 atom stereocenters. The largest absolute Gasteiger partial charge is 0.323 e. The van der Waals surface area contributed by atoms with Crippen LogP contribution in [0.15, 0.2) is 48.1 Å². The molecular formula is C15H14N4OS. The van der Waals surface area contributed by atoms with Gasteiger partial charge in [0, 0.05) is 24.2 Å². The summed E-state index contributed by atoms with van der Waals surface area (Å²) in [5.74, 6) is -0.0899. The second-order valence-electron chi connectivity index (χ2n) is 4.64. The van der Waals surface area contributed by atoms with E-state index in [1.807, 2.05) is 42.8 Å². The second kappa shape index (κ2) is 5.88. The Morgan fingerprint density at radius 1 is 1.33 bits per heavy atom. The molecule has 0 radical (unpaired) electrons. The molecule has 0 bridgehead atoms. The molecule has 1 N–H and O–H groups in total. The van der Waals surface area contributed by atoms with Crippen molar-refractivity contribution in [3.8, 4) is 10.6 Å². The normalized spacial score (nSPS) is 10.5. The molecule has 0 aliphatic rings. The summed E-state index contributed by atoms with van der Waals surface area (Å²) in [6.45, 7) is 0. The lowest BCUT2D eigenvalue weighted by Gasteiger charge is -1.99. The van der Waals surface area contributed by atoms with E-state index in [-0.39, 0.29) is 12.3 Å². The number of carbonyl (C=O) groups excluding carboxylic acids is 1. The van der Waals surface area contributed by atoms with Crippen LogP contribution in [-0.4, -0.2) is 20.7 Å². The Morgan fingerprint density at radius 3 is 2.86 bits per heavy atom. The van der Waals surface area contributed by atoms with Crippen molar-refractivity contribution in [1.29, 1.82) is 0 Å². The lowest BCUT2D eigenvalue weighted by molar-refractivity contribution is -0.115. The van der Waals surface area contributed by atoms with Gasteiger partial charge >= 0.3 is 0 Å². The predicted octanol–water partition coefficient (Wildman–Crippen LogP) is 2.72. The maximum Gasteiger partial charge on any atom is 0.230 e. The quantitative estimate of drug-likeness (QED) is 0.805. The minimum Gasteiger partial charge on any atom is -0.323 e. The number of amides is 1. The van der Waals surface area contributed by atoms with E-state index in [9.17, 15) is 4.79 Å². The number of aryl methyl sites for hydroxylation is 1. The molecule has 2 aromatic heterocycles. The third-order valence-electron chi connectivity index (χ3n) is 2.90. The summed E-state index contributed by atoms with van der Waals surface area (Å²) in [7, 11) is 1.81. The molecule has 0 saturated carbocycles. The van der Waals surface area contributed by atoms with Gasteiger partial charge in [-0.15, -0.1) is 11.3 Å². The van der Waals surface area contributed by atoms with Gasteiger partial charge in [-0.2, -0.15) is 5.10 Å². The van der Waals surface area contributed by atoms with Crippen molar-refractivity contribution >= 4 is 22.9 Å². The Morgan fingerprint density at radius 2 is 2.14 bits per heavy atom. The van der Waals surface area contributed by atoms with E-state index in [0.29, 0.717) is 5.69 Å². The number of benzene rings is 1. The van der Waals surface area contributed by atoms with Gasteiger partial charge in [0.2, 0.25) is 5.91 Å². The molecule has 1 amide bonds. The van der Waals surface area contributed by atoms with Crippen LogP contribution in [0.1, 0.15) is 5.69 Å². The average Bonchev–Trinajstić information content (AvgIpc) is 3.09. The first-order valence-electron chi connectivity index (χ1n) is 6.49. The van der Waals surface area contributed by atoms with Crippen LogP contribution in [0.5, 0.6) is 0 Å². The monoisotopic (exact) mass is 298 g/mol. The second-order valence-corrected chi connectivity index (χ2v) is 5.50. The van der Waals surface area contributed by atoms with Gasteiger partial charge in [0.15, 0.2) is 0 Å². The Kier molecular flexibility index (Phi) is 3.79. The Hall–Kier alpha value is -2.47. The van der Waals surface area contributed by atoms with E-state index in [4.69, 9.17) is 0 Å². The summed E-state index contributed by atoms with van der Waals surface area (Å²) in [5.41, 5.74) is 2.54. The first kappa shape index (κ1) is 13.5. The lowest BCUT2D eigenvalue weighted by Crippen LogP contribution is -2.14. The minimum atomic E-state index is -0.0899. The van der Waals surface area contributed by atoms with E-state index in [0.717, 1.165) is 16.3 Å². The van der Waals surface area contributed by atoms with Crippen LogP contribution in [0, 0.1) is 0 Å². The van der Waals surface area contributed by atoms with Gasteiger partial charge in [-0.1, -0.05) is 30.3 Å². The number of rotatable bonds is 4. The van der Waals surface area contributed by atoms with E-state index in [2.05, 4.69) is 15.4 Å². The van der Waals surface area contributed by atoms with Gasteiger partial charge in [0.25, 0.3) is 0 Å². The third kappa shape index (κ3) is 3.35. The van der Waals surface area contributed by atoms with Crippen molar-refractivity contribution in [2.75, 3.05) is 5.32 Å². The summed E-state index contributed by atoms with van der Waals surface area (Å²) in [4.78, 5) is 16.5. The highest BCUT2D eigenvalue weighted by molar-refractivity contribution is 7.13. The molecular weight excluding hydrogens is 284 g/mol. The lowest BCUT2D eigenvalue weighted by atomic mass is 10.2. The highest BCUT2D eigenvalue weighted by Gasteiger charge is 2.09. The molecule has 1 aromatic carbocycles. The van der Waals surface area contributed by atoms with Crippen LogP contribution in [-0.2, 0) is 18.3 Å². The van der Waals surface area contributed by atoms with E-state index in [1.54, 1.807) is 28.4 Å². The predicted molar refractivity (Wildman–Crippen MR) is 83.1 cm³/mol. The van der Waals surface area contributed by atoms with Crippen LogP contribution < -0.4 is 5.32 Å². The Labute approximate surface area is 126 Å². The van der Waals surface area contributed by atoms with Crippen LogP contribution in [0.4, 0.5) is 5.69 Å². The molecule has 106 valence electrons. The van der Waals surface area contributed by atoms with Gasteiger partial charge in [0.05, 0.1) is 24.0 Å². The molecule has 2 heterocycles. The number of anilines is 1. The van der Waals surface area contributed by atoms with E-state index < -0.39 is 0 Å². The molecule has 6 heteroatoms. The van der Waals surface area contributed by atoms with Crippen molar-refractivity contribution in [1.82, 2.24) is 14.8 Å². The van der Waals surface area contributed by atoms with Crippen molar-refractivity contribution < 1.29 is 4.79 Å². The van der Waals surface area contributed by atoms with Crippen LogP contribution in [0.25, 0.3) is 10.6 Å². The molecule has 0 spiro atoms. The standard InChI is InChI=1S/C15H14N4OS/c1-19-9-13(8-16-19)17-14(20)7-12-10-21-15(18-12)11-5-3-2-4-6-11/h2-6,8-10H,7H2,1H3,(H,17,20). The molecule has 5 nitrogen and oxygen atoms in total. The zero-order chi connectivity index (χ0) is 14.7. The Bertz CT molecular complexity index is 748. The highest BCUT2D eigenvalue weighted by Crippen LogP contribution is 2.23. The molecule has 0 unspecified atom stereocenters. The maximum atomic E-state index is 12.0. The van der Waals surface area contributed by atoms with Gasteiger partial charge in [-0.25, -0.2) is 4.98 Å².